The number of aliphatic hydroxyl groups excluding tert-OH is 1. The summed E-state index contributed by atoms with van der Waals surface area (Å²) in [5.41, 5.74) is 0. The van der Waals surface area contributed by atoms with Gasteiger partial charge in [0, 0.05) is 12.2 Å². The molecule has 114 valence electrons. The van der Waals surface area contributed by atoms with Crippen molar-refractivity contribution in [2.75, 3.05) is 39.6 Å². The van der Waals surface area contributed by atoms with E-state index >= 15 is 0 Å². The van der Waals surface area contributed by atoms with E-state index in [0.717, 1.165) is 38.6 Å². The van der Waals surface area contributed by atoms with Crippen molar-refractivity contribution >= 4 is 11.9 Å². The van der Waals surface area contributed by atoms with Crippen LogP contribution in [0.25, 0.3) is 0 Å². The summed E-state index contributed by atoms with van der Waals surface area (Å²) in [6.07, 6.45) is 1.06. The van der Waals surface area contributed by atoms with E-state index in [1.807, 2.05) is 0 Å². The van der Waals surface area contributed by atoms with E-state index in [1.54, 1.807) is 0 Å². The van der Waals surface area contributed by atoms with Crippen LogP contribution in [0.3, 0.4) is 0 Å². The summed E-state index contributed by atoms with van der Waals surface area (Å²) >= 11 is 0. The molecule has 1 rings (SSSR count). The zero-order valence-electron chi connectivity index (χ0n) is 11.3. The SMILES string of the molecule is C1COCCO1.C=CC(=O)OCC(CO)OC(=O)C=C. The van der Waals surface area contributed by atoms with Gasteiger partial charge in [0.1, 0.15) is 6.61 Å². The average Bonchev–Trinajstić information content (AvgIpc) is 2.52. The second-order valence-corrected chi connectivity index (χ2v) is 3.50. The number of carbonyl (C=O) groups excluding carboxylic acids is 2. The van der Waals surface area contributed by atoms with E-state index in [9.17, 15) is 9.59 Å². The Kier molecular flexibility index (Phi) is 11.3. The molecule has 7 nitrogen and oxygen atoms in total. The average molecular weight is 288 g/mol. The molecule has 1 aliphatic heterocycles. The van der Waals surface area contributed by atoms with Gasteiger partial charge >= 0.3 is 11.9 Å². The first kappa shape index (κ1) is 18.3. The lowest BCUT2D eigenvalue weighted by Gasteiger charge is -2.13. The highest BCUT2D eigenvalue weighted by Gasteiger charge is 2.13. The van der Waals surface area contributed by atoms with Crippen molar-refractivity contribution in [2.24, 2.45) is 0 Å². The number of hydrogen-bond donors (Lipinski definition) is 1. The third-order valence-electron chi connectivity index (χ3n) is 1.98. The smallest absolute Gasteiger partial charge is 0.330 e. The normalized spacial score (nSPS) is 15.1. The van der Waals surface area contributed by atoms with Gasteiger partial charge in [-0.3, -0.25) is 0 Å². The molecule has 0 spiro atoms. The Balaban J connectivity index is 0.000000493. The predicted octanol–water partition coefficient (Wildman–Crippen LogP) is -0.161. The largest absolute Gasteiger partial charge is 0.458 e. The summed E-state index contributed by atoms with van der Waals surface area (Å²) in [5, 5.41) is 8.73. The summed E-state index contributed by atoms with van der Waals surface area (Å²) in [6, 6.07) is 0. The molecular formula is C13H20O7. The second-order valence-electron chi connectivity index (χ2n) is 3.50. The fourth-order valence-electron chi connectivity index (χ4n) is 1.01. The van der Waals surface area contributed by atoms with Crippen molar-refractivity contribution in [1.29, 1.82) is 0 Å². The first-order valence-electron chi connectivity index (χ1n) is 6.02. The number of ether oxygens (including phenoxy) is 4. The van der Waals surface area contributed by atoms with Crippen LogP contribution in [0.4, 0.5) is 0 Å². The number of rotatable bonds is 6. The number of esters is 2. The van der Waals surface area contributed by atoms with Crippen LogP contribution in [0.5, 0.6) is 0 Å². The van der Waals surface area contributed by atoms with Crippen LogP contribution in [0.15, 0.2) is 25.3 Å². The maximum Gasteiger partial charge on any atom is 0.330 e. The van der Waals surface area contributed by atoms with Crippen molar-refractivity contribution in [3.63, 3.8) is 0 Å². The number of aliphatic hydroxyl groups is 1. The molecule has 0 aromatic carbocycles. The van der Waals surface area contributed by atoms with Crippen LogP contribution >= 0.6 is 0 Å². The van der Waals surface area contributed by atoms with Gasteiger partial charge < -0.3 is 24.1 Å². The van der Waals surface area contributed by atoms with Crippen LogP contribution < -0.4 is 0 Å². The van der Waals surface area contributed by atoms with E-state index in [2.05, 4.69) is 22.6 Å². The topological polar surface area (TPSA) is 91.3 Å². The molecule has 0 amide bonds. The van der Waals surface area contributed by atoms with Crippen LogP contribution in [0.2, 0.25) is 0 Å². The fourth-order valence-corrected chi connectivity index (χ4v) is 1.01. The van der Waals surface area contributed by atoms with Crippen molar-refractivity contribution in [3.05, 3.63) is 25.3 Å². The van der Waals surface area contributed by atoms with Gasteiger partial charge in [-0.25, -0.2) is 9.59 Å². The highest BCUT2D eigenvalue weighted by molar-refractivity contribution is 5.82. The molecule has 7 heteroatoms. The summed E-state index contributed by atoms with van der Waals surface area (Å²) in [6.45, 7) is 8.84. The molecule has 0 aliphatic carbocycles. The van der Waals surface area contributed by atoms with E-state index in [4.69, 9.17) is 14.6 Å². The van der Waals surface area contributed by atoms with Gasteiger partial charge in [0.05, 0.1) is 33.0 Å². The molecule has 0 aromatic heterocycles. The molecule has 20 heavy (non-hydrogen) atoms. The van der Waals surface area contributed by atoms with Gasteiger partial charge in [0.2, 0.25) is 0 Å². The van der Waals surface area contributed by atoms with Gasteiger partial charge in [-0.2, -0.15) is 0 Å². The van der Waals surface area contributed by atoms with Crippen molar-refractivity contribution in [1.82, 2.24) is 0 Å². The quantitative estimate of drug-likeness (QED) is 0.536. The lowest BCUT2D eigenvalue weighted by molar-refractivity contribution is -0.154. The lowest BCUT2D eigenvalue weighted by Crippen LogP contribution is -2.27. The predicted molar refractivity (Wildman–Crippen MR) is 70.0 cm³/mol. The number of carbonyl (C=O) groups is 2. The summed E-state index contributed by atoms with van der Waals surface area (Å²) in [5.74, 6) is -1.32. The Morgan fingerprint density at radius 3 is 1.95 bits per heavy atom. The molecule has 0 saturated carbocycles. The Morgan fingerprint density at radius 2 is 1.60 bits per heavy atom. The van der Waals surface area contributed by atoms with E-state index in [0.29, 0.717) is 0 Å². The van der Waals surface area contributed by atoms with Gasteiger partial charge in [0.25, 0.3) is 0 Å². The van der Waals surface area contributed by atoms with Crippen molar-refractivity contribution < 1.29 is 33.6 Å². The van der Waals surface area contributed by atoms with Crippen LogP contribution in [0.1, 0.15) is 0 Å². The molecule has 0 bridgehead atoms. The summed E-state index contributed by atoms with van der Waals surface area (Å²) < 4.78 is 19.1. The molecule has 0 radical (unpaired) electrons. The Bertz CT molecular complexity index is 298. The minimum Gasteiger partial charge on any atom is -0.458 e. The minimum atomic E-state index is -0.871. The Hall–Kier alpha value is -1.70. The van der Waals surface area contributed by atoms with Gasteiger partial charge in [-0.1, -0.05) is 13.2 Å². The molecule has 1 heterocycles. The fraction of sp³-hybridized carbons (Fsp3) is 0.538. The second kappa shape index (κ2) is 12.3. The Morgan fingerprint density at radius 1 is 1.10 bits per heavy atom. The first-order valence-corrected chi connectivity index (χ1v) is 6.02. The van der Waals surface area contributed by atoms with Crippen LogP contribution in [-0.4, -0.2) is 62.8 Å². The molecule has 0 aromatic rings. The summed E-state index contributed by atoms with van der Waals surface area (Å²) in [7, 11) is 0. The summed E-state index contributed by atoms with van der Waals surface area (Å²) in [4.78, 5) is 21.3. The minimum absolute atomic E-state index is 0.207. The zero-order chi connectivity index (χ0) is 15.2. The van der Waals surface area contributed by atoms with Crippen molar-refractivity contribution in [2.45, 2.75) is 6.10 Å². The third kappa shape index (κ3) is 10.2. The molecule has 1 saturated heterocycles. The molecular weight excluding hydrogens is 268 g/mol. The van der Waals surface area contributed by atoms with Gasteiger partial charge in [-0.15, -0.1) is 0 Å². The maximum atomic E-state index is 10.7. The molecule has 1 atom stereocenters. The number of hydrogen-bond acceptors (Lipinski definition) is 7. The van der Waals surface area contributed by atoms with Crippen LogP contribution in [0, 0.1) is 0 Å². The highest BCUT2D eigenvalue weighted by Crippen LogP contribution is 1.95. The zero-order valence-corrected chi connectivity index (χ0v) is 11.3. The van der Waals surface area contributed by atoms with Gasteiger partial charge in [-0.05, 0) is 0 Å². The van der Waals surface area contributed by atoms with Crippen molar-refractivity contribution in [3.8, 4) is 0 Å². The molecule has 1 aliphatic rings. The highest BCUT2D eigenvalue weighted by atomic mass is 16.6. The maximum absolute atomic E-state index is 10.7. The first-order chi connectivity index (χ1) is 9.63. The van der Waals surface area contributed by atoms with E-state index in [-0.39, 0.29) is 6.61 Å². The molecule has 1 unspecified atom stereocenters. The molecule has 1 fully saturated rings. The third-order valence-corrected chi connectivity index (χ3v) is 1.98. The Labute approximate surface area is 117 Å². The lowest BCUT2D eigenvalue weighted by atomic mass is 10.4. The monoisotopic (exact) mass is 288 g/mol. The molecule has 1 N–H and O–H groups in total. The van der Waals surface area contributed by atoms with Crippen LogP contribution in [-0.2, 0) is 28.5 Å². The van der Waals surface area contributed by atoms with E-state index < -0.39 is 24.6 Å². The van der Waals surface area contributed by atoms with Gasteiger partial charge in [0.15, 0.2) is 6.10 Å². The standard InChI is InChI=1S/C9H12O5.C4H8O2/c1-3-8(11)13-6-7(5-10)14-9(12)4-2;1-2-6-4-3-5-1/h3-4,7,10H,1-2,5-6H2;1-4H2. The van der Waals surface area contributed by atoms with E-state index in [1.165, 1.54) is 0 Å².